The summed E-state index contributed by atoms with van der Waals surface area (Å²) in [5.41, 5.74) is 0. The summed E-state index contributed by atoms with van der Waals surface area (Å²) < 4.78 is 0. The highest BCUT2D eigenvalue weighted by atomic mass is 14.9. The van der Waals surface area contributed by atoms with Gasteiger partial charge in [-0.2, -0.15) is 0 Å². The normalized spacial score (nSPS) is 18.9. The van der Waals surface area contributed by atoms with E-state index in [1.54, 1.807) is 0 Å². The van der Waals surface area contributed by atoms with Crippen molar-refractivity contribution in [1.29, 1.82) is 0 Å². The Bertz CT molecular complexity index is 167. The predicted octanol–water partition coefficient (Wildman–Crippen LogP) is 2.04. The molecule has 1 heterocycles. The van der Waals surface area contributed by atoms with Crippen molar-refractivity contribution < 1.29 is 0 Å². The van der Waals surface area contributed by atoms with E-state index in [1.807, 2.05) is 0 Å². The zero-order valence-corrected chi connectivity index (χ0v) is 8.19. The SMILES string of the molecule is CC(C)C#CCC1CCNCC1. The van der Waals surface area contributed by atoms with Gasteiger partial charge in [0.25, 0.3) is 0 Å². The fraction of sp³-hybridized carbons (Fsp3) is 0.818. The second-order valence-corrected chi connectivity index (χ2v) is 3.87. The van der Waals surface area contributed by atoms with Gasteiger partial charge in [0.05, 0.1) is 0 Å². The van der Waals surface area contributed by atoms with Gasteiger partial charge >= 0.3 is 0 Å². The zero-order chi connectivity index (χ0) is 8.81. The summed E-state index contributed by atoms with van der Waals surface area (Å²) in [5.74, 6) is 7.89. The van der Waals surface area contributed by atoms with Crippen molar-refractivity contribution in [3.8, 4) is 11.8 Å². The first-order valence-electron chi connectivity index (χ1n) is 4.98. The molecule has 0 saturated carbocycles. The van der Waals surface area contributed by atoms with Gasteiger partial charge in [0, 0.05) is 12.3 Å². The van der Waals surface area contributed by atoms with Gasteiger partial charge in [0.2, 0.25) is 0 Å². The summed E-state index contributed by atoms with van der Waals surface area (Å²) in [4.78, 5) is 0. The lowest BCUT2D eigenvalue weighted by Crippen LogP contribution is -2.27. The molecule has 0 bridgehead atoms. The van der Waals surface area contributed by atoms with Crippen LogP contribution in [0.3, 0.4) is 0 Å². The molecule has 0 aromatic heterocycles. The van der Waals surface area contributed by atoms with Crippen LogP contribution in [0.4, 0.5) is 0 Å². The van der Waals surface area contributed by atoms with E-state index < -0.39 is 0 Å². The summed E-state index contributed by atoms with van der Waals surface area (Å²) >= 11 is 0. The van der Waals surface area contributed by atoms with E-state index in [4.69, 9.17) is 0 Å². The molecule has 68 valence electrons. The Hall–Kier alpha value is -0.480. The third kappa shape index (κ3) is 3.78. The Kier molecular flexibility index (Phi) is 4.18. The molecule has 1 aliphatic rings. The molecule has 1 rings (SSSR count). The first-order valence-corrected chi connectivity index (χ1v) is 4.98. The molecule has 0 radical (unpaired) electrons. The second-order valence-electron chi connectivity index (χ2n) is 3.87. The van der Waals surface area contributed by atoms with Gasteiger partial charge in [-0.25, -0.2) is 0 Å². The largest absolute Gasteiger partial charge is 0.317 e. The van der Waals surface area contributed by atoms with Crippen molar-refractivity contribution >= 4 is 0 Å². The Morgan fingerprint density at radius 2 is 2.00 bits per heavy atom. The summed E-state index contributed by atoms with van der Waals surface area (Å²) in [6.45, 7) is 6.67. The highest BCUT2D eigenvalue weighted by Crippen LogP contribution is 2.14. The highest BCUT2D eigenvalue weighted by molar-refractivity contribution is 5.02. The lowest BCUT2D eigenvalue weighted by atomic mass is 9.95. The van der Waals surface area contributed by atoms with Crippen LogP contribution >= 0.6 is 0 Å². The molecule has 1 aliphatic heterocycles. The van der Waals surface area contributed by atoms with Crippen LogP contribution < -0.4 is 5.32 Å². The monoisotopic (exact) mass is 165 g/mol. The van der Waals surface area contributed by atoms with E-state index >= 15 is 0 Å². The third-order valence-electron chi connectivity index (χ3n) is 2.24. The van der Waals surface area contributed by atoms with Gasteiger partial charge in [-0.3, -0.25) is 0 Å². The molecule has 1 saturated heterocycles. The maximum Gasteiger partial charge on any atom is 0.0146 e. The van der Waals surface area contributed by atoms with Crippen LogP contribution in [0.15, 0.2) is 0 Å². The average molecular weight is 165 g/mol. The van der Waals surface area contributed by atoms with E-state index in [2.05, 4.69) is 31.0 Å². The molecule has 0 aromatic carbocycles. The summed E-state index contributed by atoms with van der Waals surface area (Å²) in [7, 11) is 0. The van der Waals surface area contributed by atoms with Crippen LogP contribution in [-0.4, -0.2) is 13.1 Å². The molecule has 0 aliphatic carbocycles. The minimum absolute atomic E-state index is 0.534. The number of nitrogens with one attached hydrogen (secondary N) is 1. The molecular formula is C11H19N. The fourth-order valence-corrected chi connectivity index (χ4v) is 1.49. The van der Waals surface area contributed by atoms with Crippen LogP contribution in [0, 0.1) is 23.7 Å². The van der Waals surface area contributed by atoms with Crippen molar-refractivity contribution in [3.05, 3.63) is 0 Å². The predicted molar refractivity (Wildman–Crippen MR) is 52.8 cm³/mol. The van der Waals surface area contributed by atoms with E-state index in [-0.39, 0.29) is 0 Å². The number of rotatable bonds is 1. The van der Waals surface area contributed by atoms with Gasteiger partial charge < -0.3 is 5.32 Å². The van der Waals surface area contributed by atoms with E-state index in [9.17, 15) is 0 Å². The van der Waals surface area contributed by atoms with Crippen molar-refractivity contribution in [2.45, 2.75) is 33.1 Å². The van der Waals surface area contributed by atoms with Crippen LogP contribution in [-0.2, 0) is 0 Å². The molecule has 0 atom stereocenters. The Balaban J connectivity index is 2.18. The average Bonchev–Trinajstić information content (AvgIpc) is 2.05. The van der Waals surface area contributed by atoms with E-state index in [0.717, 1.165) is 12.3 Å². The van der Waals surface area contributed by atoms with Gasteiger partial charge in [-0.05, 0) is 31.8 Å². The molecular weight excluding hydrogens is 146 g/mol. The summed E-state index contributed by atoms with van der Waals surface area (Å²) in [5, 5.41) is 3.37. The van der Waals surface area contributed by atoms with Crippen molar-refractivity contribution in [2.24, 2.45) is 11.8 Å². The molecule has 1 fully saturated rings. The number of hydrogen-bond donors (Lipinski definition) is 1. The second kappa shape index (κ2) is 5.22. The van der Waals surface area contributed by atoms with Gasteiger partial charge in [0.1, 0.15) is 0 Å². The molecule has 0 amide bonds. The van der Waals surface area contributed by atoms with Gasteiger partial charge in [-0.15, -0.1) is 11.8 Å². The minimum Gasteiger partial charge on any atom is -0.317 e. The van der Waals surface area contributed by atoms with Gasteiger partial charge in [0.15, 0.2) is 0 Å². The lowest BCUT2D eigenvalue weighted by Gasteiger charge is -2.20. The van der Waals surface area contributed by atoms with Crippen LogP contribution in [0.1, 0.15) is 33.1 Å². The zero-order valence-electron chi connectivity index (χ0n) is 8.19. The minimum atomic E-state index is 0.534. The van der Waals surface area contributed by atoms with Crippen LogP contribution in [0.5, 0.6) is 0 Å². The van der Waals surface area contributed by atoms with Crippen molar-refractivity contribution in [3.63, 3.8) is 0 Å². The molecule has 12 heavy (non-hydrogen) atoms. The van der Waals surface area contributed by atoms with Crippen molar-refractivity contribution in [1.82, 2.24) is 5.32 Å². The maximum absolute atomic E-state index is 3.37. The third-order valence-corrected chi connectivity index (χ3v) is 2.24. The van der Waals surface area contributed by atoms with Crippen molar-refractivity contribution in [2.75, 3.05) is 13.1 Å². The Morgan fingerprint density at radius 1 is 1.33 bits per heavy atom. The standard InChI is InChI=1S/C11H19N/c1-10(2)4-3-5-11-6-8-12-9-7-11/h10-12H,5-9H2,1-2H3. The lowest BCUT2D eigenvalue weighted by molar-refractivity contribution is 0.381. The first kappa shape index (κ1) is 9.61. The Morgan fingerprint density at radius 3 is 2.58 bits per heavy atom. The fourth-order valence-electron chi connectivity index (χ4n) is 1.49. The maximum atomic E-state index is 3.37. The summed E-state index contributed by atoms with van der Waals surface area (Å²) in [6, 6.07) is 0. The topological polar surface area (TPSA) is 12.0 Å². The van der Waals surface area contributed by atoms with E-state index in [0.29, 0.717) is 5.92 Å². The molecule has 1 heteroatoms. The molecule has 0 aromatic rings. The molecule has 1 N–H and O–H groups in total. The van der Waals surface area contributed by atoms with E-state index in [1.165, 1.54) is 25.9 Å². The van der Waals surface area contributed by atoms with Gasteiger partial charge in [-0.1, -0.05) is 13.8 Å². The first-order chi connectivity index (χ1) is 5.79. The van der Waals surface area contributed by atoms with Crippen LogP contribution in [0.2, 0.25) is 0 Å². The number of hydrogen-bond acceptors (Lipinski definition) is 1. The number of piperidine rings is 1. The summed E-state index contributed by atoms with van der Waals surface area (Å²) in [6.07, 6.45) is 3.74. The molecule has 0 unspecified atom stereocenters. The Labute approximate surface area is 75.9 Å². The smallest absolute Gasteiger partial charge is 0.0146 e. The quantitative estimate of drug-likeness (QED) is 0.586. The molecule has 1 nitrogen and oxygen atoms in total. The van der Waals surface area contributed by atoms with Crippen LogP contribution in [0.25, 0.3) is 0 Å². The molecule has 0 spiro atoms. The highest BCUT2D eigenvalue weighted by Gasteiger charge is 2.10.